The Balaban J connectivity index is 2.37. The molecular weight excluding hydrogens is 282 g/mol. The molecular formula is C17H19NO4. The number of carboxylic acids is 1. The van der Waals surface area contributed by atoms with E-state index in [1.54, 1.807) is 13.2 Å². The fourth-order valence-electron chi connectivity index (χ4n) is 2.23. The molecule has 2 rings (SSSR count). The monoisotopic (exact) mass is 301 g/mol. The van der Waals surface area contributed by atoms with Crippen LogP contribution in [0.4, 0.5) is 5.69 Å². The fraction of sp³-hybridized carbons (Fsp3) is 0.235. The number of methoxy groups -OCH3 is 1. The molecule has 0 radical (unpaired) electrons. The summed E-state index contributed by atoms with van der Waals surface area (Å²) < 4.78 is 10.5. The van der Waals surface area contributed by atoms with E-state index < -0.39 is 5.97 Å². The maximum atomic E-state index is 10.6. The number of hydrogen-bond acceptors (Lipinski definition) is 4. The molecule has 5 heteroatoms. The number of carboxylic acid groups (broad SMARTS) is 1. The highest BCUT2D eigenvalue weighted by atomic mass is 16.5. The van der Waals surface area contributed by atoms with E-state index in [2.05, 4.69) is 5.32 Å². The summed E-state index contributed by atoms with van der Waals surface area (Å²) in [5, 5.41) is 11.8. The number of carbonyl (C=O) groups is 1. The molecule has 2 aromatic carbocycles. The average molecular weight is 301 g/mol. The standard InChI is InChI=1S/C17H19NO4/c1-11-8-12(4-7-16(11)22-10-17(19)20)14-9-13(21-3)5-6-15(14)18-2/h4-9,18H,10H2,1-3H3,(H,19,20). The zero-order chi connectivity index (χ0) is 16.1. The van der Waals surface area contributed by atoms with Gasteiger partial charge in [-0.3, -0.25) is 0 Å². The smallest absolute Gasteiger partial charge is 0.341 e. The Bertz CT molecular complexity index is 682. The van der Waals surface area contributed by atoms with Gasteiger partial charge in [0.25, 0.3) is 0 Å². The third-order valence-corrected chi connectivity index (χ3v) is 3.33. The summed E-state index contributed by atoms with van der Waals surface area (Å²) in [6.07, 6.45) is 0. The maximum absolute atomic E-state index is 10.6. The molecule has 2 N–H and O–H groups in total. The first-order valence-electron chi connectivity index (χ1n) is 6.86. The van der Waals surface area contributed by atoms with Gasteiger partial charge >= 0.3 is 5.97 Å². The molecule has 5 nitrogen and oxygen atoms in total. The van der Waals surface area contributed by atoms with E-state index in [-0.39, 0.29) is 6.61 Å². The Hall–Kier alpha value is -2.69. The molecule has 0 saturated heterocycles. The quantitative estimate of drug-likeness (QED) is 0.857. The van der Waals surface area contributed by atoms with Gasteiger partial charge in [0.1, 0.15) is 11.5 Å². The van der Waals surface area contributed by atoms with Crippen LogP contribution in [0.25, 0.3) is 11.1 Å². The number of nitrogens with one attached hydrogen (secondary N) is 1. The second-order valence-corrected chi connectivity index (χ2v) is 4.82. The number of hydrogen-bond donors (Lipinski definition) is 2. The molecule has 0 aliphatic heterocycles. The van der Waals surface area contributed by atoms with Gasteiger partial charge in [-0.25, -0.2) is 4.79 Å². The van der Waals surface area contributed by atoms with E-state index in [0.29, 0.717) is 5.75 Å². The number of aryl methyl sites for hydroxylation is 1. The Kier molecular flexibility index (Phi) is 4.88. The summed E-state index contributed by atoms with van der Waals surface area (Å²) in [5.41, 5.74) is 3.88. The molecule has 116 valence electrons. The number of benzene rings is 2. The molecule has 0 fully saturated rings. The van der Waals surface area contributed by atoms with Crippen LogP contribution in [0, 0.1) is 6.92 Å². The van der Waals surface area contributed by atoms with Crippen LogP contribution >= 0.6 is 0 Å². The van der Waals surface area contributed by atoms with Gasteiger partial charge in [-0.1, -0.05) is 6.07 Å². The summed E-state index contributed by atoms with van der Waals surface area (Å²) in [6.45, 7) is 1.54. The van der Waals surface area contributed by atoms with Gasteiger partial charge in [0.2, 0.25) is 0 Å². The van der Waals surface area contributed by atoms with Crippen LogP contribution in [0.5, 0.6) is 11.5 Å². The van der Waals surface area contributed by atoms with Crippen LogP contribution in [-0.4, -0.2) is 31.8 Å². The molecule has 0 aliphatic rings. The molecule has 2 aromatic rings. The van der Waals surface area contributed by atoms with Gasteiger partial charge in [-0.15, -0.1) is 0 Å². The highest BCUT2D eigenvalue weighted by Gasteiger charge is 2.09. The minimum atomic E-state index is -0.992. The van der Waals surface area contributed by atoms with Gasteiger partial charge in [-0.05, 0) is 48.4 Å². The van der Waals surface area contributed by atoms with Gasteiger partial charge < -0.3 is 19.9 Å². The molecule has 0 atom stereocenters. The largest absolute Gasteiger partial charge is 0.497 e. The lowest BCUT2D eigenvalue weighted by molar-refractivity contribution is -0.139. The van der Waals surface area contributed by atoms with Crippen LogP contribution in [0.1, 0.15) is 5.56 Å². The Morgan fingerprint density at radius 2 is 2.00 bits per heavy atom. The third-order valence-electron chi connectivity index (χ3n) is 3.33. The van der Waals surface area contributed by atoms with Crippen molar-refractivity contribution >= 4 is 11.7 Å². The first-order chi connectivity index (χ1) is 10.5. The summed E-state index contributed by atoms with van der Waals surface area (Å²) >= 11 is 0. The number of rotatable bonds is 6. The van der Waals surface area contributed by atoms with Crippen molar-refractivity contribution in [2.45, 2.75) is 6.92 Å². The fourth-order valence-corrected chi connectivity index (χ4v) is 2.23. The summed E-state index contributed by atoms with van der Waals surface area (Å²) in [7, 11) is 3.49. The first-order valence-corrected chi connectivity index (χ1v) is 6.86. The zero-order valence-corrected chi connectivity index (χ0v) is 12.8. The van der Waals surface area contributed by atoms with E-state index in [9.17, 15) is 4.79 Å². The molecule has 0 unspecified atom stereocenters. The van der Waals surface area contributed by atoms with Crippen molar-refractivity contribution in [2.75, 3.05) is 26.1 Å². The second kappa shape index (κ2) is 6.85. The van der Waals surface area contributed by atoms with E-state index >= 15 is 0 Å². The molecule has 0 aromatic heterocycles. The van der Waals surface area contributed by atoms with E-state index in [0.717, 1.165) is 28.1 Å². The van der Waals surface area contributed by atoms with Crippen molar-refractivity contribution < 1.29 is 19.4 Å². The Morgan fingerprint density at radius 1 is 1.23 bits per heavy atom. The number of anilines is 1. The van der Waals surface area contributed by atoms with Crippen molar-refractivity contribution in [2.24, 2.45) is 0 Å². The summed E-state index contributed by atoms with van der Waals surface area (Å²) in [6, 6.07) is 11.5. The highest BCUT2D eigenvalue weighted by molar-refractivity contribution is 5.80. The molecule has 0 heterocycles. The first kappa shape index (κ1) is 15.7. The van der Waals surface area contributed by atoms with Gasteiger partial charge in [0.15, 0.2) is 6.61 Å². The van der Waals surface area contributed by atoms with Crippen molar-refractivity contribution in [3.63, 3.8) is 0 Å². The lowest BCUT2D eigenvalue weighted by Crippen LogP contribution is -2.10. The molecule has 0 spiro atoms. The predicted octanol–water partition coefficient (Wildman–Crippen LogP) is 3.18. The molecule has 0 saturated carbocycles. The van der Waals surface area contributed by atoms with Gasteiger partial charge in [0, 0.05) is 18.3 Å². The minimum Gasteiger partial charge on any atom is -0.497 e. The SMILES string of the molecule is CNc1ccc(OC)cc1-c1ccc(OCC(=O)O)c(C)c1. The van der Waals surface area contributed by atoms with E-state index in [1.165, 1.54) is 0 Å². The van der Waals surface area contributed by atoms with E-state index in [4.69, 9.17) is 14.6 Å². The normalized spacial score (nSPS) is 10.1. The summed E-state index contributed by atoms with van der Waals surface area (Å²) in [5.74, 6) is 0.353. The third kappa shape index (κ3) is 3.49. The van der Waals surface area contributed by atoms with Crippen molar-refractivity contribution in [3.8, 4) is 22.6 Å². The minimum absolute atomic E-state index is 0.346. The number of aliphatic carboxylic acids is 1. The Morgan fingerprint density at radius 3 is 2.59 bits per heavy atom. The topological polar surface area (TPSA) is 67.8 Å². The lowest BCUT2D eigenvalue weighted by atomic mass is 10.0. The maximum Gasteiger partial charge on any atom is 0.341 e. The second-order valence-electron chi connectivity index (χ2n) is 4.82. The van der Waals surface area contributed by atoms with Crippen LogP contribution in [0.2, 0.25) is 0 Å². The molecule has 0 aliphatic carbocycles. The van der Waals surface area contributed by atoms with Crippen LogP contribution in [-0.2, 0) is 4.79 Å². The summed E-state index contributed by atoms with van der Waals surface area (Å²) in [4.78, 5) is 10.6. The van der Waals surface area contributed by atoms with Crippen LogP contribution < -0.4 is 14.8 Å². The molecule has 0 amide bonds. The van der Waals surface area contributed by atoms with Crippen molar-refractivity contribution in [3.05, 3.63) is 42.0 Å². The average Bonchev–Trinajstić information content (AvgIpc) is 2.52. The predicted molar refractivity (Wildman–Crippen MR) is 85.8 cm³/mol. The molecule has 0 bridgehead atoms. The molecule has 22 heavy (non-hydrogen) atoms. The van der Waals surface area contributed by atoms with Crippen molar-refractivity contribution in [1.29, 1.82) is 0 Å². The van der Waals surface area contributed by atoms with Crippen LogP contribution in [0.15, 0.2) is 36.4 Å². The van der Waals surface area contributed by atoms with Gasteiger partial charge in [0.05, 0.1) is 7.11 Å². The van der Waals surface area contributed by atoms with Crippen LogP contribution in [0.3, 0.4) is 0 Å². The van der Waals surface area contributed by atoms with Gasteiger partial charge in [-0.2, -0.15) is 0 Å². The Labute approximate surface area is 129 Å². The lowest BCUT2D eigenvalue weighted by Gasteiger charge is -2.13. The zero-order valence-electron chi connectivity index (χ0n) is 12.8. The highest BCUT2D eigenvalue weighted by Crippen LogP contribution is 2.33. The number of ether oxygens (including phenoxy) is 2. The van der Waals surface area contributed by atoms with E-state index in [1.807, 2.05) is 44.3 Å². The van der Waals surface area contributed by atoms with Crippen molar-refractivity contribution in [1.82, 2.24) is 0 Å².